The van der Waals surface area contributed by atoms with Crippen molar-refractivity contribution in [2.24, 2.45) is 0 Å². The Morgan fingerprint density at radius 2 is 0.912 bits per heavy atom. The van der Waals surface area contributed by atoms with Gasteiger partial charge in [-0.3, -0.25) is 57.2 Å². The van der Waals surface area contributed by atoms with Gasteiger partial charge in [0.2, 0.25) is 0 Å². The predicted molar refractivity (Wildman–Crippen MR) is 430 cm³/mol. The third kappa shape index (κ3) is 14.3. The van der Waals surface area contributed by atoms with E-state index in [4.69, 9.17) is 28.9 Å². The summed E-state index contributed by atoms with van der Waals surface area (Å²) >= 11 is 12.0. The van der Waals surface area contributed by atoms with Crippen LogP contribution < -0.4 is 28.0 Å². The number of carbonyl (C=O) groups excluding carboxylic acids is 1. The molecule has 1 aliphatic rings. The minimum atomic E-state index is -4.52. The number of ketones is 1. The van der Waals surface area contributed by atoms with E-state index in [-0.39, 0.29) is 44.0 Å². The number of H-pyrrole nitrogens is 1. The molecule has 3 N–H and O–H groups in total. The predicted octanol–water partition coefficient (Wildman–Crippen LogP) is 18.6. The summed E-state index contributed by atoms with van der Waals surface area (Å²) in [4.78, 5) is 91.7. The second kappa shape index (κ2) is 29.6. The van der Waals surface area contributed by atoms with E-state index in [0.717, 1.165) is 94.6 Å². The Morgan fingerprint density at radius 3 is 1.41 bits per heavy atom. The number of aryl methyl sites for hydroxylation is 2. The van der Waals surface area contributed by atoms with E-state index < -0.39 is 28.9 Å². The molecule has 0 bridgehead atoms. The van der Waals surface area contributed by atoms with Crippen molar-refractivity contribution in [3.63, 3.8) is 0 Å². The van der Waals surface area contributed by atoms with Gasteiger partial charge < -0.3 is 15.3 Å². The van der Waals surface area contributed by atoms with Crippen LogP contribution in [0.2, 0.25) is 10.0 Å². The van der Waals surface area contributed by atoms with Crippen molar-refractivity contribution in [3.05, 3.63) is 359 Å². The average molecular weight is 1550 g/mol. The third-order valence-electron chi connectivity index (χ3n) is 19.2. The monoisotopic (exact) mass is 1550 g/mol. The van der Waals surface area contributed by atoms with E-state index in [0.29, 0.717) is 73.4 Å². The highest BCUT2D eigenvalue weighted by Crippen LogP contribution is 2.36. The average Bonchev–Trinajstić information content (AvgIpc) is 1.37. The highest BCUT2D eigenvalue weighted by atomic mass is 35.5. The number of alkyl halides is 3. The van der Waals surface area contributed by atoms with Gasteiger partial charge in [-0.25, -0.2) is 28.1 Å². The first-order valence-electron chi connectivity index (χ1n) is 34.8. The second-order valence-electron chi connectivity index (χ2n) is 26.4. The fourth-order valence-corrected chi connectivity index (χ4v) is 14.1. The van der Waals surface area contributed by atoms with E-state index in [1.165, 1.54) is 92.6 Å². The number of imidazole rings is 1. The van der Waals surface area contributed by atoms with Crippen LogP contribution in [0.1, 0.15) is 28.8 Å². The number of hydrogen-bond acceptors (Lipinski definition) is 12. The van der Waals surface area contributed by atoms with Crippen LogP contribution in [0.25, 0.3) is 132 Å². The normalized spacial score (nSPS) is 12.2. The van der Waals surface area contributed by atoms with Gasteiger partial charge in [0.15, 0.2) is 5.78 Å². The lowest BCUT2D eigenvalue weighted by Crippen LogP contribution is -2.18. The molecule has 0 fully saturated rings. The quantitative estimate of drug-likeness (QED) is 0.112. The van der Waals surface area contributed by atoms with Crippen molar-refractivity contribution >= 4 is 128 Å². The van der Waals surface area contributed by atoms with Crippen LogP contribution in [0, 0.1) is 31.3 Å². The van der Waals surface area contributed by atoms with Gasteiger partial charge in [0, 0.05) is 140 Å². The Bertz CT molecular complexity index is 7300. The van der Waals surface area contributed by atoms with Crippen molar-refractivity contribution < 1.29 is 31.1 Å². The summed E-state index contributed by atoms with van der Waals surface area (Å²) in [5, 5.41) is 6.00. The molecule has 0 radical (unpaired) electrons. The third-order valence-corrected chi connectivity index (χ3v) is 19.7. The van der Waals surface area contributed by atoms with Crippen molar-refractivity contribution in [1.82, 2.24) is 57.7 Å². The molecule has 1 aliphatic carbocycles. The molecule has 0 unspecified atom stereocenters. The van der Waals surface area contributed by atoms with Crippen LogP contribution >= 0.6 is 23.2 Å². The molecule has 26 heteroatoms. The number of allylic oxidation sites excluding steroid dienone is 4. The maximum Gasteiger partial charge on any atom is 0.416 e. The number of rotatable bonds is 7. The maximum absolute atomic E-state index is 13.7. The summed E-state index contributed by atoms with van der Waals surface area (Å²) in [5.41, 5.74) is 16.6. The Hall–Kier alpha value is -14.2. The summed E-state index contributed by atoms with van der Waals surface area (Å²) < 4.78 is 88.7. The molecule has 11 aromatic heterocycles. The van der Waals surface area contributed by atoms with Gasteiger partial charge in [0.25, 0.3) is 22.2 Å². The molecule has 554 valence electrons. The first-order valence-corrected chi connectivity index (χ1v) is 35.5. The van der Waals surface area contributed by atoms with Gasteiger partial charge in [-0.2, -0.15) is 13.2 Å². The summed E-state index contributed by atoms with van der Waals surface area (Å²) in [6, 6.07) is 52.9. The largest absolute Gasteiger partial charge is 0.416 e. The number of hydrogen-bond donors (Lipinski definition) is 2. The molecule has 0 atom stereocenters. The summed E-state index contributed by atoms with van der Waals surface area (Å²) in [5.74, 6) is -0.916. The van der Waals surface area contributed by atoms with Crippen LogP contribution in [-0.2, 0) is 11.0 Å². The molecule has 11 heterocycles. The van der Waals surface area contributed by atoms with Crippen LogP contribution in [-0.4, -0.2) is 63.5 Å². The van der Waals surface area contributed by atoms with E-state index in [1.54, 1.807) is 116 Å². The number of nitrogens with two attached hydrogens (primary N) is 1. The standard InChI is InChI=1S/C24H14ClFN2O2.C24H15F3N4O.C22H14ClFN4O.C17H12FN3O/c25-20-12-17(5-8-21(20)26)28-23(30)10-4-16-13-27-22-9-3-15(11-19(22)24(16)28)14-1-6-18(29)7-2-14;25-24(26,27)17-2-1-3-18(11-17)31-22(32)9-6-16-13-29-20-7-4-14(10-19(20)23(16)31)15-5-8-21(28)30-12-15;1-13-11-27(12-26-13)15-4-6-20-17(8-15)22-14(10-25-20)2-7-21(29)28(22)16-3-5-19(24)18(23)9-16;1-10-8-12(3-4-14(10)18)21-15(22)5-2-11-9-20-17-13(16(11)21)6-7-19-17/h1-6,8-13H,7H2;1-13H,(H2,28,30);2-12H,1H3;2-9H,1H3,(H,19,20). The molecule has 113 heavy (non-hydrogen) atoms. The smallest absolute Gasteiger partial charge is 0.384 e. The van der Waals surface area contributed by atoms with Gasteiger partial charge in [-0.05, 0) is 200 Å². The van der Waals surface area contributed by atoms with E-state index >= 15 is 0 Å². The number of aromatic amines is 1. The molecular formula is C87H55Cl2F6N13O5. The molecule has 18 nitrogen and oxygen atoms in total. The van der Waals surface area contributed by atoms with Crippen molar-refractivity contribution in [1.29, 1.82) is 0 Å². The Kier molecular flexibility index (Phi) is 19.1. The van der Waals surface area contributed by atoms with Crippen LogP contribution in [0.4, 0.5) is 32.2 Å². The van der Waals surface area contributed by atoms with Crippen molar-refractivity contribution in [2.45, 2.75) is 26.4 Å². The number of nitrogens with zero attached hydrogens (tertiary/aromatic N) is 11. The Balaban J connectivity index is 0.000000115. The van der Waals surface area contributed by atoms with E-state index in [9.17, 15) is 50.3 Å². The van der Waals surface area contributed by atoms with E-state index in [2.05, 4.69) is 34.9 Å². The van der Waals surface area contributed by atoms with E-state index in [1.807, 2.05) is 84.4 Å². The van der Waals surface area contributed by atoms with Crippen LogP contribution in [0.15, 0.2) is 287 Å². The zero-order valence-electron chi connectivity index (χ0n) is 59.2. The zero-order valence-corrected chi connectivity index (χ0v) is 60.7. The number of nitrogen functional groups attached to an aromatic ring is 1. The van der Waals surface area contributed by atoms with Gasteiger partial charge in [-0.15, -0.1) is 0 Å². The van der Waals surface area contributed by atoms with Crippen molar-refractivity contribution in [3.8, 4) is 39.6 Å². The minimum Gasteiger partial charge on any atom is -0.384 e. The van der Waals surface area contributed by atoms with Gasteiger partial charge in [-0.1, -0.05) is 53.6 Å². The van der Waals surface area contributed by atoms with Gasteiger partial charge in [0.1, 0.15) is 28.9 Å². The molecule has 0 spiro atoms. The number of pyridine rings is 9. The van der Waals surface area contributed by atoms with Gasteiger partial charge in [0.05, 0.1) is 77.6 Å². The first kappa shape index (κ1) is 72.9. The topological polar surface area (TPSA) is 229 Å². The van der Waals surface area contributed by atoms with Crippen LogP contribution in [0.3, 0.4) is 0 Å². The maximum atomic E-state index is 13.7. The molecule has 0 saturated carbocycles. The Morgan fingerprint density at radius 1 is 0.434 bits per heavy atom. The molecule has 0 saturated heterocycles. The fraction of sp³-hybridized carbons (Fsp3) is 0.0460. The number of benzene rings is 7. The second-order valence-corrected chi connectivity index (χ2v) is 27.2. The summed E-state index contributed by atoms with van der Waals surface area (Å²) in [6.07, 6.45) is 14.9. The lowest BCUT2D eigenvalue weighted by molar-refractivity contribution is -0.137. The number of aromatic nitrogens is 12. The molecule has 0 amide bonds. The molecule has 18 aromatic rings. The Labute approximate surface area is 644 Å². The number of carbonyl (C=O) groups is 1. The number of fused-ring (bicyclic) bond motifs is 12. The molecular weight excluding hydrogens is 1490 g/mol. The molecule has 0 aliphatic heterocycles. The fourth-order valence-electron chi connectivity index (χ4n) is 13.7. The molecule has 7 aromatic carbocycles. The summed E-state index contributed by atoms with van der Waals surface area (Å²) in [6.45, 7) is 3.60. The minimum absolute atomic E-state index is 0.0423. The molecule has 19 rings (SSSR count). The highest BCUT2D eigenvalue weighted by Gasteiger charge is 2.31. The number of anilines is 1. The lowest BCUT2D eigenvalue weighted by Gasteiger charge is -2.15. The lowest BCUT2D eigenvalue weighted by atomic mass is 9.97. The SMILES string of the molecule is Cc1cc(-n2c(=O)ccc3cnc4[nH]ccc4c32)ccc1F.Cc1cn(-c2ccc3ncc4ccc(=O)n(-c5ccc(F)c(Cl)c5)c4c3c2)cn1.Nc1ccc(-c2ccc3ncc4ccc(=O)n(-c5cccc(C(F)(F)F)c5)c4c3c2)cn1.O=C1C=CC(c2ccc3ncc4ccc(=O)n(-c5ccc(F)c(Cl)c5)c4c3c2)=CC1. The first-order chi connectivity index (χ1) is 54.5. The van der Waals surface area contributed by atoms with Gasteiger partial charge >= 0.3 is 6.18 Å². The summed E-state index contributed by atoms with van der Waals surface area (Å²) in [7, 11) is 0. The van der Waals surface area contributed by atoms with Crippen molar-refractivity contribution in [2.75, 3.05) is 5.73 Å². The zero-order chi connectivity index (χ0) is 78.7. The van der Waals surface area contributed by atoms with Crippen LogP contribution in [0.5, 0.6) is 0 Å². The number of halogens is 8. The number of nitrogens with one attached hydrogen (secondary N) is 1. The highest BCUT2D eigenvalue weighted by molar-refractivity contribution is 6.31.